The third-order valence-electron chi connectivity index (χ3n) is 5.45. The second-order valence-corrected chi connectivity index (χ2v) is 8.08. The second kappa shape index (κ2) is 10.2. The minimum atomic E-state index is 0.530. The van der Waals surface area contributed by atoms with Gasteiger partial charge in [0.25, 0.3) is 0 Å². The maximum absolute atomic E-state index is 5.65. The molecule has 0 aliphatic heterocycles. The molecule has 2 atom stereocenters. The van der Waals surface area contributed by atoms with Gasteiger partial charge in [-0.2, -0.15) is 0 Å². The van der Waals surface area contributed by atoms with Gasteiger partial charge in [0.2, 0.25) is 0 Å². The van der Waals surface area contributed by atoms with Gasteiger partial charge in [-0.1, -0.05) is 59.1 Å². The molecule has 1 aromatic carbocycles. The van der Waals surface area contributed by atoms with Crippen molar-refractivity contribution in [1.82, 2.24) is 5.32 Å². The summed E-state index contributed by atoms with van der Waals surface area (Å²) in [6.07, 6.45) is 10.9. The van der Waals surface area contributed by atoms with Gasteiger partial charge in [0, 0.05) is 11.7 Å². The Morgan fingerprint density at radius 1 is 1.12 bits per heavy atom. The standard InChI is InChI=1S/C22H36N2S/c1-5-8-11-17-14-18(6-2)21(19(7-3)15-17)24-22(25)23-20-12-9-10-16(4)13-20/h14-16,20H,5-13H2,1-4H3,(H2,23,24,25). The number of nitrogens with one attached hydrogen (secondary N) is 2. The quantitative estimate of drug-likeness (QED) is 0.581. The highest BCUT2D eigenvalue weighted by Crippen LogP contribution is 2.27. The molecule has 0 amide bonds. The minimum absolute atomic E-state index is 0.530. The molecule has 1 aliphatic rings. The molecule has 1 aliphatic carbocycles. The van der Waals surface area contributed by atoms with E-state index in [9.17, 15) is 0 Å². The number of hydrogen-bond acceptors (Lipinski definition) is 1. The van der Waals surface area contributed by atoms with E-state index in [1.165, 1.54) is 67.3 Å². The van der Waals surface area contributed by atoms with Crippen molar-refractivity contribution in [3.05, 3.63) is 28.8 Å². The average molecular weight is 361 g/mol. The normalized spacial score (nSPS) is 20.3. The molecule has 0 aromatic heterocycles. The highest BCUT2D eigenvalue weighted by Gasteiger charge is 2.20. The van der Waals surface area contributed by atoms with Gasteiger partial charge in [0.15, 0.2) is 5.11 Å². The first kappa shape index (κ1) is 20.2. The van der Waals surface area contributed by atoms with Crippen molar-refractivity contribution >= 4 is 23.0 Å². The van der Waals surface area contributed by atoms with Gasteiger partial charge in [-0.25, -0.2) is 0 Å². The van der Waals surface area contributed by atoms with Crippen molar-refractivity contribution in [3.8, 4) is 0 Å². The van der Waals surface area contributed by atoms with Crippen LogP contribution in [0.3, 0.4) is 0 Å². The van der Waals surface area contributed by atoms with Crippen LogP contribution in [0.1, 0.15) is 82.9 Å². The van der Waals surface area contributed by atoms with Crippen LogP contribution in [0.15, 0.2) is 12.1 Å². The number of rotatable bonds is 7. The molecular formula is C22H36N2S. The van der Waals surface area contributed by atoms with E-state index in [1.807, 2.05) is 0 Å². The molecule has 0 bridgehead atoms. The van der Waals surface area contributed by atoms with Crippen LogP contribution in [-0.2, 0) is 19.3 Å². The molecular weight excluding hydrogens is 324 g/mol. The predicted molar refractivity (Wildman–Crippen MR) is 115 cm³/mol. The summed E-state index contributed by atoms with van der Waals surface area (Å²) in [5, 5.41) is 7.91. The number of benzene rings is 1. The van der Waals surface area contributed by atoms with E-state index in [1.54, 1.807) is 0 Å². The zero-order chi connectivity index (χ0) is 18.2. The lowest BCUT2D eigenvalue weighted by atomic mass is 9.87. The number of aryl methyl sites for hydroxylation is 3. The fraction of sp³-hybridized carbons (Fsp3) is 0.682. The molecule has 3 heteroatoms. The first-order chi connectivity index (χ1) is 12.1. The third kappa shape index (κ3) is 5.99. The van der Waals surface area contributed by atoms with Gasteiger partial charge < -0.3 is 10.6 Å². The van der Waals surface area contributed by atoms with Crippen LogP contribution >= 0.6 is 12.2 Å². The Morgan fingerprint density at radius 2 is 1.80 bits per heavy atom. The average Bonchev–Trinajstić information content (AvgIpc) is 2.60. The Balaban J connectivity index is 2.09. The van der Waals surface area contributed by atoms with Crippen molar-refractivity contribution in [1.29, 1.82) is 0 Å². The van der Waals surface area contributed by atoms with E-state index in [4.69, 9.17) is 12.2 Å². The van der Waals surface area contributed by atoms with Gasteiger partial charge in [-0.15, -0.1) is 0 Å². The first-order valence-corrected chi connectivity index (χ1v) is 10.7. The van der Waals surface area contributed by atoms with E-state index < -0.39 is 0 Å². The van der Waals surface area contributed by atoms with Crippen molar-refractivity contribution in [2.24, 2.45) is 5.92 Å². The van der Waals surface area contributed by atoms with Crippen LogP contribution in [0.5, 0.6) is 0 Å². The summed E-state index contributed by atoms with van der Waals surface area (Å²) in [5.74, 6) is 0.810. The monoisotopic (exact) mass is 360 g/mol. The summed E-state index contributed by atoms with van der Waals surface area (Å²) in [6.45, 7) is 9.09. The molecule has 1 fully saturated rings. The van der Waals surface area contributed by atoms with Crippen LogP contribution in [0.4, 0.5) is 5.69 Å². The maximum atomic E-state index is 5.65. The van der Waals surface area contributed by atoms with E-state index in [0.717, 1.165) is 23.9 Å². The van der Waals surface area contributed by atoms with Crippen LogP contribution in [0.25, 0.3) is 0 Å². The summed E-state index contributed by atoms with van der Waals surface area (Å²) in [6, 6.07) is 5.29. The highest BCUT2D eigenvalue weighted by molar-refractivity contribution is 7.80. The summed E-state index contributed by atoms with van der Waals surface area (Å²) < 4.78 is 0. The number of unbranched alkanes of at least 4 members (excludes halogenated alkanes) is 1. The molecule has 0 spiro atoms. The van der Waals surface area contributed by atoms with Gasteiger partial charge >= 0.3 is 0 Å². The van der Waals surface area contributed by atoms with Gasteiger partial charge in [-0.3, -0.25) is 0 Å². The van der Waals surface area contributed by atoms with Crippen LogP contribution in [-0.4, -0.2) is 11.2 Å². The first-order valence-electron chi connectivity index (χ1n) is 10.3. The molecule has 0 radical (unpaired) electrons. The number of anilines is 1. The fourth-order valence-corrected chi connectivity index (χ4v) is 4.25. The number of hydrogen-bond donors (Lipinski definition) is 2. The molecule has 1 saturated carbocycles. The summed E-state index contributed by atoms with van der Waals surface area (Å²) in [7, 11) is 0. The lowest BCUT2D eigenvalue weighted by Crippen LogP contribution is -2.40. The van der Waals surface area contributed by atoms with Crippen LogP contribution in [0, 0.1) is 5.92 Å². The Hall–Kier alpha value is -1.09. The molecule has 25 heavy (non-hydrogen) atoms. The Kier molecular flexibility index (Phi) is 8.21. The smallest absolute Gasteiger partial charge is 0.171 e. The molecule has 1 aromatic rings. The van der Waals surface area contributed by atoms with E-state index >= 15 is 0 Å². The summed E-state index contributed by atoms with van der Waals surface area (Å²) in [5.41, 5.74) is 5.51. The fourth-order valence-electron chi connectivity index (χ4n) is 3.98. The molecule has 2 rings (SSSR count). The van der Waals surface area contributed by atoms with Crippen LogP contribution < -0.4 is 10.6 Å². The molecule has 0 saturated heterocycles. The SMILES string of the molecule is CCCCc1cc(CC)c(NC(=S)NC2CCCC(C)C2)c(CC)c1. The molecule has 0 heterocycles. The van der Waals surface area contributed by atoms with Crippen molar-refractivity contribution in [2.75, 3.05) is 5.32 Å². The summed E-state index contributed by atoms with van der Waals surface area (Å²) >= 11 is 5.65. The van der Waals surface area contributed by atoms with Crippen molar-refractivity contribution in [2.45, 2.75) is 91.5 Å². The topological polar surface area (TPSA) is 24.1 Å². The van der Waals surface area contributed by atoms with E-state index in [-0.39, 0.29) is 0 Å². The second-order valence-electron chi connectivity index (χ2n) is 7.67. The molecule has 2 unspecified atom stereocenters. The van der Waals surface area contributed by atoms with Crippen LogP contribution in [0.2, 0.25) is 0 Å². The highest BCUT2D eigenvalue weighted by atomic mass is 32.1. The van der Waals surface area contributed by atoms with E-state index in [2.05, 4.69) is 50.5 Å². The minimum Gasteiger partial charge on any atom is -0.360 e. The van der Waals surface area contributed by atoms with E-state index in [0.29, 0.717) is 6.04 Å². The Morgan fingerprint density at radius 3 is 2.36 bits per heavy atom. The lowest BCUT2D eigenvalue weighted by Gasteiger charge is -2.29. The Bertz CT molecular complexity index is 542. The van der Waals surface area contributed by atoms with Gasteiger partial charge in [0.05, 0.1) is 0 Å². The van der Waals surface area contributed by atoms with Gasteiger partial charge in [-0.05, 0) is 73.4 Å². The zero-order valence-corrected chi connectivity index (χ0v) is 17.4. The molecule has 2 nitrogen and oxygen atoms in total. The number of thiocarbonyl (C=S) groups is 1. The Labute approximate surface area is 160 Å². The molecule has 2 N–H and O–H groups in total. The van der Waals surface area contributed by atoms with Crippen molar-refractivity contribution in [3.63, 3.8) is 0 Å². The zero-order valence-electron chi connectivity index (χ0n) is 16.6. The maximum Gasteiger partial charge on any atom is 0.171 e. The molecule has 140 valence electrons. The lowest BCUT2D eigenvalue weighted by molar-refractivity contribution is 0.327. The summed E-state index contributed by atoms with van der Waals surface area (Å²) in [4.78, 5) is 0. The third-order valence-corrected chi connectivity index (χ3v) is 5.67. The van der Waals surface area contributed by atoms with Crippen molar-refractivity contribution < 1.29 is 0 Å². The predicted octanol–water partition coefficient (Wildman–Crippen LogP) is 6.02. The van der Waals surface area contributed by atoms with Gasteiger partial charge in [0.1, 0.15) is 0 Å². The largest absolute Gasteiger partial charge is 0.360 e.